The molecule has 23 heavy (non-hydrogen) atoms. The third-order valence-electron chi connectivity index (χ3n) is 2.96. The van der Waals surface area contributed by atoms with Crippen LogP contribution in [0.5, 0.6) is 0 Å². The topological polar surface area (TPSA) is 98.1 Å². The lowest BCUT2D eigenvalue weighted by Gasteiger charge is -2.14. The Hall–Kier alpha value is -2.90. The number of anilines is 1. The number of carbonyl (C=O) groups excluding carboxylic acids is 2. The Kier molecular flexibility index (Phi) is 5.67. The molecule has 1 unspecified atom stereocenters. The lowest BCUT2D eigenvalue weighted by molar-refractivity contribution is 0.0526. The van der Waals surface area contributed by atoms with Crippen LogP contribution in [0.3, 0.4) is 0 Å². The number of hydrogen-bond donors (Lipinski definition) is 2. The Morgan fingerprint density at radius 1 is 1.30 bits per heavy atom. The Balaban J connectivity index is 1.83. The van der Waals surface area contributed by atoms with Crippen LogP contribution >= 0.6 is 0 Å². The van der Waals surface area contributed by atoms with Gasteiger partial charge in [-0.05, 0) is 38.1 Å². The summed E-state index contributed by atoms with van der Waals surface area (Å²) in [7, 11) is 0. The summed E-state index contributed by atoms with van der Waals surface area (Å²) in [6, 6.07) is 6.05. The summed E-state index contributed by atoms with van der Waals surface area (Å²) in [5, 5.41) is 9.48. The molecule has 0 aliphatic heterocycles. The zero-order valence-corrected chi connectivity index (χ0v) is 13.0. The SMILES string of the molecule is CCOC(=O)c1ccc(NC(=O)NC(C)Cn2cncn2)cc1. The molecule has 0 radical (unpaired) electrons. The van der Waals surface area contributed by atoms with E-state index in [1.807, 2.05) is 6.92 Å². The summed E-state index contributed by atoms with van der Waals surface area (Å²) < 4.78 is 6.54. The average molecular weight is 317 g/mol. The van der Waals surface area contributed by atoms with Crippen molar-refractivity contribution in [1.29, 1.82) is 0 Å². The molecule has 2 amide bonds. The molecule has 0 spiro atoms. The lowest BCUT2D eigenvalue weighted by atomic mass is 10.2. The summed E-state index contributed by atoms with van der Waals surface area (Å²) in [5.74, 6) is -0.384. The maximum absolute atomic E-state index is 11.9. The van der Waals surface area contributed by atoms with Crippen LogP contribution in [0.4, 0.5) is 10.5 Å². The first-order chi connectivity index (χ1) is 11.1. The number of hydrogen-bond acceptors (Lipinski definition) is 5. The second-order valence-electron chi connectivity index (χ2n) is 4.91. The van der Waals surface area contributed by atoms with Crippen molar-refractivity contribution in [1.82, 2.24) is 20.1 Å². The van der Waals surface area contributed by atoms with Gasteiger partial charge in [0.2, 0.25) is 0 Å². The van der Waals surface area contributed by atoms with E-state index in [9.17, 15) is 9.59 Å². The fraction of sp³-hybridized carbons (Fsp3) is 0.333. The summed E-state index contributed by atoms with van der Waals surface area (Å²) in [6.07, 6.45) is 3.03. The molecule has 0 saturated heterocycles. The van der Waals surface area contributed by atoms with Crippen molar-refractivity contribution >= 4 is 17.7 Å². The summed E-state index contributed by atoms with van der Waals surface area (Å²) in [4.78, 5) is 27.3. The largest absolute Gasteiger partial charge is 0.462 e. The molecule has 0 aliphatic rings. The predicted molar refractivity (Wildman–Crippen MR) is 84.0 cm³/mol. The lowest BCUT2D eigenvalue weighted by Crippen LogP contribution is -2.38. The highest BCUT2D eigenvalue weighted by Gasteiger charge is 2.10. The highest BCUT2D eigenvalue weighted by molar-refractivity contribution is 5.92. The first-order valence-corrected chi connectivity index (χ1v) is 7.25. The summed E-state index contributed by atoms with van der Waals surface area (Å²) >= 11 is 0. The zero-order chi connectivity index (χ0) is 16.7. The minimum absolute atomic E-state index is 0.115. The van der Waals surface area contributed by atoms with Crippen LogP contribution in [-0.2, 0) is 11.3 Å². The Bertz CT molecular complexity index is 640. The number of ether oxygens (including phenoxy) is 1. The monoisotopic (exact) mass is 317 g/mol. The number of aromatic nitrogens is 3. The van der Waals surface area contributed by atoms with Crippen molar-refractivity contribution in [2.45, 2.75) is 26.4 Å². The fourth-order valence-corrected chi connectivity index (χ4v) is 1.95. The molecule has 1 aromatic heterocycles. The van der Waals surface area contributed by atoms with E-state index < -0.39 is 0 Å². The van der Waals surface area contributed by atoms with Gasteiger partial charge in [-0.25, -0.2) is 14.6 Å². The van der Waals surface area contributed by atoms with Gasteiger partial charge >= 0.3 is 12.0 Å². The Morgan fingerprint density at radius 3 is 2.65 bits per heavy atom. The van der Waals surface area contributed by atoms with Crippen LogP contribution in [0.1, 0.15) is 24.2 Å². The highest BCUT2D eigenvalue weighted by atomic mass is 16.5. The van der Waals surface area contributed by atoms with Gasteiger partial charge in [0.05, 0.1) is 18.7 Å². The molecule has 0 saturated carbocycles. The van der Waals surface area contributed by atoms with Crippen molar-refractivity contribution < 1.29 is 14.3 Å². The number of esters is 1. The number of nitrogens with zero attached hydrogens (tertiary/aromatic N) is 3. The zero-order valence-electron chi connectivity index (χ0n) is 13.0. The molecule has 2 aromatic rings. The van der Waals surface area contributed by atoms with E-state index in [2.05, 4.69) is 20.7 Å². The summed E-state index contributed by atoms with van der Waals surface area (Å²) in [6.45, 7) is 4.46. The molecule has 2 rings (SSSR count). The van der Waals surface area contributed by atoms with Gasteiger partial charge in [-0.2, -0.15) is 5.10 Å². The number of amides is 2. The number of benzene rings is 1. The van der Waals surface area contributed by atoms with Gasteiger partial charge in [-0.1, -0.05) is 0 Å². The standard InChI is InChI=1S/C15H19N5O3/c1-3-23-14(21)12-4-6-13(7-5-12)19-15(22)18-11(2)8-20-10-16-9-17-20/h4-7,9-11H,3,8H2,1-2H3,(H2,18,19,22). The first kappa shape index (κ1) is 16.5. The van der Waals surface area contributed by atoms with E-state index in [1.54, 1.807) is 42.2 Å². The molecule has 8 heteroatoms. The maximum Gasteiger partial charge on any atom is 0.338 e. The van der Waals surface area contributed by atoms with E-state index in [0.29, 0.717) is 24.4 Å². The van der Waals surface area contributed by atoms with Crippen LogP contribution in [0, 0.1) is 0 Å². The third kappa shape index (κ3) is 5.10. The first-order valence-electron chi connectivity index (χ1n) is 7.25. The molecule has 1 aromatic carbocycles. The van der Waals surface area contributed by atoms with Gasteiger partial charge in [0.15, 0.2) is 0 Å². The third-order valence-corrected chi connectivity index (χ3v) is 2.96. The maximum atomic E-state index is 11.9. The van der Waals surface area contributed by atoms with Crippen molar-refractivity contribution in [2.75, 3.05) is 11.9 Å². The van der Waals surface area contributed by atoms with Gasteiger partial charge < -0.3 is 15.4 Å². The number of carbonyl (C=O) groups is 2. The summed E-state index contributed by atoms with van der Waals surface area (Å²) in [5.41, 5.74) is 1.03. The molecule has 2 N–H and O–H groups in total. The van der Waals surface area contributed by atoms with Crippen molar-refractivity contribution in [3.8, 4) is 0 Å². The van der Waals surface area contributed by atoms with E-state index in [1.165, 1.54) is 6.33 Å². The predicted octanol–water partition coefficient (Wildman–Crippen LogP) is 1.67. The van der Waals surface area contributed by atoms with Crippen LogP contribution < -0.4 is 10.6 Å². The van der Waals surface area contributed by atoms with Gasteiger partial charge in [-0.15, -0.1) is 0 Å². The van der Waals surface area contributed by atoms with Crippen molar-refractivity contribution in [3.05, 3.63) is 42.5 Å². The van der Waals surface area contributed by atoms with Crippen molar-refractivity contribution in [2.24, 2.45) is 0 Å². The smallest absolute Gasteiger partial charge is 0.338 e. The highest BCUT2D eigenvalue weighted by Crippen LogP contribution is 2.10. The molecule has 0 fully saturated rings. The molecule has 1 atom stereocenters. The minimum Gasteiger partial charge on any atom is -0.462 e. The number of nitrogens with one attached hydrogen (secondary N) is 2. The Labute approximate surface area is 133 Å². The van der Waals surface area contributed by atoms with Gasteiger partial charge in [0.25, 0.3) is 0 Å². The van der Waals surface area contributed by atoms with Crippen LogP contribution in [0.15, 0.2) is 36.9 Å². The molecule has 0 aliphatic carbocycles. The van der Waals surface area contributed by atoms with E-state index in [-0.39, 0.29) is 18.0 Å². The van der Waals surface area contributed by atoms with Crippen LogP contribution in [0.25, 0.3) is 0 Å². The Morgan fingerprint density at radius 2 is 2.04 bits per heavy atom. The van der Waals surface area contributed by atoms with Gasteiger partial charge in [-0.3, -0.25) is 4.68 Å². The molecular formula is C15H19N5O3. The molecular weight excluding hydrogens is 298 g/mol. The average Bonchev–Trinajstić information content (AvgIpc) is 3.00. The second kappa shape index (κ2) is 7.92. The van der Waals surface area contributed by atoms with E-state index >= 15 is 0 Å². The van der Waals surface area contributed by atoms with E-state index in [0.717, 1.165) is 0 Å². The van der Waals surface area contributed by atoms with Crippen LogP contribution in [-0.4, -0.2) is 39.4 Å². The quantitative estimate of drug-likeness (QED) is 0.790. The minimum atomic E-state index is -0.384. The van der Waals surface area contributed by atoms with Gasteiger partial charge in [0, 0.05) is 11.7 Å². The fourth-order valence-electron chi connectivity index (χ4n) is 1.95. The van der Waals surface area contributed by atoms with E-state index in [4.69, 9.17) is 4.74 Å². The van der Waals surface area contributed by atoms with Gasteiger partial charge in [0.1, 0.15) is 12.7 Å². The molecule has 122 valence electrons. The molecule has 1 heterocycles. The molecule has 8 nitrogen and oxygen atoms in total. The normalized spacial score (nSPS) is 11.6. The van der Waals surface area contributed by atoms with Crippen molar-refractivity contribution in [3.63, 3.8) is 0 Å². The van der Waals surface area contributed by atoms with Crippen LogP contribution in [0.2, 0.25) is 0 Å². The number of urea groups is 1. The second-order valence-corrected chi connectivity index (χ2v) is 4.91. The molecule has 0 bridgehead atoms. The number of rotatable bonds is 6.